The lowest BCUT2D eigenvalue weighted by atomic mass is 9.93. The molecule has 3 atom stereocenters. The van der Waals surface area contributed by atoms with Crippen molar-refractivity contribution in [3.63, 3.8) is 0 Å². The fourth-order valence-electron chi connectivity index (χ4n) is 3.90. The van der Waals surface area contributed by atoms with Gasteiger partial charge in [-0.2, -0.15) is 5.10 Å². The minimum absolute atomic E-state index is 0.0402. The highest BCUT2D eigenvalue weighted by molar-refractivity contribution is 5.90. The fraction of sp³-hybridized carbons (Fsp3) is 0.474. The molecule has 0 aliphatic carbocycles. The summed E-state index contributed by atoms with van der Waals surface area (Å²) >= 11 is 0. The monoisotopic (exact) mass is 391 g/mol. The largest absolute Gasteiger partial charge is 0.370 e. The summed E-state index contributed by atoms with van der Waals surface area (Å²) in [5.74, 6) is -0.554. The van der Waals surface area contributed by atoms with Gasteiger partial charge in [0.15, 0.2) is 5.82 Å². The van der Waals surface area contributed by atoms with Gasteiger partial charge in [0.05, 0.1) is 12.3 Å². The molecule has 7 nitrogen and oxygen atoms in total. The quantitative estimate of drug-likeness (QED) is 0.743. The van der Waals surface area contributed by atoms with E-state index < -0.39 is 23.8 Å². The number of nitrogens with two attached hydrogens (primary N) is 1. The van der Waals surface area contributed by atoms with Crippen LogP contribution in [0.1, 0.15) is 42.7 Å². The highest BCUT2D eigenvalue weighted by Crippen LogP contribution is 2.35. The summed E-state index contributed by atoms with van der Waals surface area (Å²) in [6.07, 6.45) is 0.303. The number of fused-ring (bicyclic) bond motifs is 1. The van der Waals surface area contributed by atoms with Crippen molar-refractivity contribution in [3.05, 3.63) is 46.7 Å². The third-order valence-corrected chi connectivity index (χ3v) is 5.44. The van der Waals surface area contributed by atoms with Crippen LogP contribution in [0, 0.1) is 11.6 Å². The molecule has 4 rings (SSSR count). The number of hydrogen-bond acceptors (Lipinski definition) is 5. The predicted molar refractivity (Wildman–Crippen MR) is 98.2 cm³/mol. The molecule has 2 aliphatic rings. The van der Waals surface area contributed by atoms with E-state index in [1.165, 1.54) is 0 Å². The second kappa shape index (κ2) is 7.57. The number of nitrogens with one attached hydrogen (secondary N) is 2. The molecule has 9 heteroatoms. The van der Waals surface area contributed by atoms with Crippen molar-refractivity contribution in [3.8, 4) is 0 Å². The lowest BCUT2D eigenvalue weighted by molar-refractivity contribution is -0.115. The number of hydrogen-bond donors (Lipinski definition) is 3. The molecule has 28 heavy (non-hydrogen) atoms. The average Bonchev–Trinajstić information content (AvgIpc) is 3.26. The first-order valence-corrected chi connectivity index (χ1v) is 9.38. The van der Waals surface area contributed by atoms with Crippen molar-refractivity contribution in [2.24, 2.45) is 5.73 Å². The molecule has 1 saturated heterocycles. The Labute approximate surface area is 161 Å². The Bertz CT molecular complexity index is 887. The van der Waals surface area contributed by atoms with E-state index in [2.05, 4.69) is 20.4 Å². The number of aromatic nitrogens is 2. The van der Waals surface area contributed by atoms with Gasteiger partial charge in [-0.05, 0) is 24.6 Å². The number of H-pyrrole nitrogens is 1. The smallest absolute Gasteiger partial charge is 0.225 e. The van der Waals surface area contributed by atoms with Gasteiger partial charge in [0.2, 0.25) is 5.91 Å². The normalized spacial score (nSPS) is 24.9. The third kappa shape index (κ3) is 3.52. The number of nitrogens with zero attached hydrogens (tertiary/aromatic N) is 2. The third-order valence-electron chi connectivity index (χ3n) is 5.44. The van der Waals surface area contributed by atoms with Crippen molar-refractivity contribution in [2.45, 2.75) is 51.0 Å². The Morgan fingerprint density at radius 1 is 1.43 bits per heavy atom. The van der Waals surface area contributed by atoms with Crippen LogP contribution in [0.3, 0.4) is 0 Å². The van der Waals surface area contributed by atoms with E-state index in [1.807, 2.05) is 0 Å². The summed E-state index contributed by atoms with van der Waals surface area (Å²) in [5.41, 5.74) is 8.35. The van der Waals surface area contributed by atoms with Gasteiger partial charge in [0.1, 0.15) is 17.7 Å². The molecule has 1 aromatic carbocycles. The van der Waals surface area contributed by atoms with Crippen LogP contribution in [0.2, 0.25) is 0 Å². The second-order valence-electron chi connectivity index (χ2n) is 7.31. The van der Waals surface area contributed by atoms with Crippen LogP contribution < -0.4 is 11.1 Å². The SMILES string of the molecule is CCC(=O)Nc1n[nH]c2c1CN([C@H]1CO[C@H](c3cc(F)ccc3F)[C@@H](N)C1)C2. The predicted octanol–water partition coefficient (Wildman–Crippen LogP) is 2.21. The number of anilines is 1. The van der Waals surface area contributed by atoms with Gasteiger partial charge in [-0.1, -0.05) is 6.92 Å². The zero-order valence-electron chi connectivity index (χ0n) is 15.5. The second-order valence-corrected chi connectivity index (χ2v) is 7.31. The Kier molecular flexibility index (Phi) is 5.13. The van der Waals surface area contributed by atoms with E-state index in [9.17, 15) is 13.6 Å². The van der Waals surface area contributed by atoms with Crippen LogP contribution in [0.25, 0.3) is 0 Å². The molecular formula is C19H23F2N5O2. The van der Waals surface area contributed by atoms with Crippen molar-refractivity contribution in [1.29, 1.82) is 0 Å². The number of aromatic amines is 1. The average molecular weight is 391 g/mol. The maximum absolute atomic E-state index is 14.1. The summed E-state index contributed by atoms with van der Waals surface area (Å²) in [5, 5.41) is 9.95. The summed E-state index contributed by atoms with van der Waals surface area (Å²) in [6, 6.07) is 2.91. The number of carbonyl (C=O) groups excluding carboxylic acids is 1. The number of halogens is 2. The molecule has 150 valence electrons. The van der Waals surface area contributed by atoms with Crippen LogP contribution in [0.4, 0.5) is 14.6 Å². The summed E-state index contributed by atoms with van der Waals surface area (Å²) < 4.78 is 33.4. The first-order chi connectivity index (χ1) is 13.5. The zero-order valence-corrected chi connectivity index (χ0v) is 15.5. The molecule has 1 amide bonds. The molecule has 1 fully saturated rings. The van der Waals surface area contributed by atoms with E-state index in [0.717, 1.165) is 29.5 Å². The highest BCUT2D eigenvalue weighted by Gasteiger charge is 2.37. The Morgan fingerprint density at radius 3 is 3.00 bits per heavy atom. The Balaban J connectivity index is 1.42. The molecule has 0 saturated carbocycles. The molecule has 3 heterocycles. The number of ether oxygens (including phenoxy) is 1. The van der Waals surface area contributed by atoms with Gasteiger partial charge in [-0.15, -0.1) is 0 Å². The first-order valence-electron chi connectivity index (χ1n) is 9.38. The van der Waals surface area contributed by atoms with Gasteiger partial charge >= 0.3 is 0 Å². The van der Waals surface area contributed by atoms with Gasteiger partial charge < -0.3 is 15.8 Å². The standard InChI is InChI=1S/C19H23F2N5O2/c1-2-17(27)23-19-13-7-26(8-16(13)24-25-19)11-6-15(22)18(28-9-11)12-5-10(20)3-4-14(12)21/h3-5,11,15,18H,2,6-9,22H2,1H3,(H2,23,24,25,27)/t11-,15+,18-/m1/s1. The van der Waals surface area contributed by atoms with Gasteiger partial charge in [-0.3, -0.25) is 14.8 Å². The molecule has 0 unspecified atom stereocenters. The van der Waals surface area contributed by atoms with E-state index in [-0.39, 0.29) is 17.5 Å². The number of benzene rings is 1. The minimum atomic E-state index is -0.673. The van der Waals surface area contributed by atoms with E-state index in [0.29, 0.717) is 38.4 Å². The topological polar surface area (TPSA) is 96.3 Å². The fourth-order valence-corrected chi connectivity index (χ4v) is 3.90. The minimum Gasteiger partial charge on any atom is -0.370 e. The number of amides is 1. The van der Waals surface area contributed by atoms with Crippen molar-refractivity contribution < 1.29 is 18.3 Å². The highest BCUT2D eigenvalue weighted by atomic mass is 19.1. The first kappa shape index (κ1) is 19.0. The van der Waals surface area contributed by atoms with Crippen LogP contribution >= 0.6 is 0 Å². The van der Waals surface area contributed by atoms with E-state index in [4.69, 9.17) is 10.5 Å². The lowest BCUT2D eigenvalue weighted by Crippen LogP contribution is -2.47. The van der Waals surface area contributed by atoms with Crippen molar-refractivity contribution in [1.82, 2.24) is 15.1 Å². The molecule has 2 aromatic rings. The molecule has 0 spiro atoms. The van der Waals surface area contributed by atoms with Crippen molar-refractivity contribution >= 4 is 11.7 Å². The maximum atomic E-state index is 14.1. The van der Waals surface area contributed by atoms with Crippen LogP contribution in [-0.4, -0.2) is 39.7 Å². The van der Waals surface area contributed by atoms with Gasteiger partial charge in [0, 0.05) is 42.7 Å². The van der Waals surface area contributed by atoms with Crippen LogP contribution in [0.15, 0.2) is 18.2 Å². The number of rotatable bonds is 4. The molecular weight excluding hydrogens is 368 g/mol. The van der Waals surface area contributed by atoms with Crippen LogP contribution in [-0.2, 0) is 22.6 Å². The Morgan fingerprint density at radius 2 is 2.25 bits per heavy atom. The van der Waals surface area contributed by atoms with Crippen molar-refractivity contribution in [2.75, 3.05) is 11.9 Å². The lowest BCUT2D eigenvalue weighted by Gasteiger charge is -2.38. The summed E-state index contributed by atoms with van der Waals surface area (Å²) in [7, 11) is 0. The summed E-state index contributed by atoms with van der Waals surface area (Å²) in [4.78, 5) is 13.9. The van der Waals surface area contributed by atoms with Gasteiger partial charge in [0.25, 0.3) is 0 Å². The molecule has 0 radical (unpaired) electrons. The Hall–Kier alpha value is -2.36. The van der Waals surface area contributed by atoms with Crippen LogP contribution in [0.5, 0.6) is 0 Å². The molecule has 4 N–H and O–H groups in total. The molecule has 1 aromatic heterocycles. The maximum Gasteiger partial charge on any atom is 0.225 e. The zero-order chi connectivity index (χ0) is 19.8. The van der Waals surface area contributed by atoms with E-state index >= 15 is 0 Å². The van der Waals surface area contributed by atoms with E-state index in [1.54, 1.807) is 6.92 Å². The van der Waals surface area contributed by atoms with Gasteiger partial charge in [-0.25, -0.2) is 8.78 Å². The molecule has 0 bridgehead atoms. The summed E-state index contributed by atoms with van der Waals surface area (Å²) in [6.45, 7) is 3.41. The molecule has 2 aliphatic heterocycles. The number of carbonyl (C=O) groups is 1.